The Bertz CT molecular complexity index is 517. The topological polar surface area (TPSA) is 83.8 Å². The second kappa shape index (κ2) is 12.7. The Morgan fingerprint density at radius 3 is 2.71 bits per heavy atom. The van der Waals surface area contributed by atoms with Crippen molar-refractivity contribution in [2.75, 3.05) is 12.9 Å². The summed E-state index contributed by atoms with van der Waals surface area (Å²) in [6, 6.07) is 0. The molecule has 0 spiro atoms. The van der Waals surface area contributed by atoms with Crippen molar-refractivity contribution in [2.45, 2.75) is 89.6 Å². The summed E-state index contributed by atoms with van der Waals surface area (Å²) >= 11 is 1.53. The maximum absolute atomic E-state index is 12.3. The van der Waals surface area contributed by atoms with Crippen molar-refractivity contribution in [3.05, 3.63) is 12.2 Å². The lowest BCUT2D eigenvalue weighted by atomic mass is 9.82. The van der Waals surface area contributed by atoms with Crippen LogP contribution in [0.5, 0.6) is 0 Å². The average Bonchev–Trinajstić information content (AvgIpc) is 2.93. The minimum atomic E-state index is -0.638. The molecule has 0 aromatic carbocycles. The van der Waals surface area contributed by atoms with Gasteiger partial charge in [0.25, 0.3) is 0 Å². The van der Waals surface area contributed by atoms with Gasteiger partial charge in [0.2, 0.25) is 0 Å². The molecular weight excluding hydrogens is 376 g/mol. The molecule has 0 amide bonds. The molecule has 162 valence electrons. The van der Waals surface area contributed by atoms with Gasteiger partial charge in [0.1, 0.15) is 5.78 Å². The van der Waals surface area contributed by atoms with Crippen LogP contribution in [0.25, 0.3) is 0 Å². The van der Waals surface area contributed by atoms with Gasteiger partial charge in [-0.25, -0.2) is 0 Å². The molecule has 1 fully saturated rings. The standard InChI is InChI=1S/C22H38O5S/c1-5-6-13-22(2,3)19(25)15-28-21-16(17(23)14-18(21)24)11-9-7-8-10-12-20(26)27-4/h7,9,16,18-19,21,24-25H,5-6,8,10-15H2,1-4H3/t16-,18?,19?,21+/m0/s1. The van der Waals surface area contributed by atoms with Crippen molar-refractivity contribution in [1.29, 1.82) is 0 Å². The Hall–Kier alpha value is -0.850. The van der Waals surface area contributed by atoms with Gasteiger partial charge in [-0.3, -0.25) is 9.59 Å². The van der Waals surface area contributed by atoms with Crippen LogP contribution in [-0.2, 0) is 14.3 Å². The summed E-state index contributed by atoms with van der Waals surface area (Å²) in [4.78, 5) is 23.4. The third-order valence-electron chi connectivity index (χ3n) is 5.66. The van der Waals surface area contributed by atoms with E-state index in [4.69, 9.17) is 0 Å². The summed E-state index contributed by atoms with van der Waals surface area (Å²) in [5.74, 6) is 0.219. The number of hydrogen-bond donors (Lipinski definition) is 2. The van der Waals surface area contributed by atoms with Crippen LogP contribution in [0.3, 0.4) is 0 Å². The molecule has 1 saturated carbocycles. The molecule has 2 unspecified atom stereocenters. The monoisotopic (exact) mass is 414 g/mol. The second-order valence-corrected chi connectivity index (χ2v) is 9.64. The number of rotatable bonds is 13. The fourth-order valence-corrected chi connectivity index (χ4v) is 5.14. The first-order chi connectivity index (χ1) is 13.2. The lowest BCUT2D eigenvalue weighted by molar-refractivity contribution is -0.140. The highest BCUT2D eigenvalue weighted by Gasteiger charge is 2.42. The van der Waals surface area contributed by atoms with Gasteiger partial charge in [-0.05, 0) is 31.1 Å². The zero-order chi connectivity index (χ0) is 21.2. The molecule has 0 bridgehead atoms. The van der Waals surface area contributed by atoms with Crippen molar-refractivity contribution in [2.24, 2.45) is 11.3 Å². The molecule has 1 aliphatic rings. The number of carbonyl (C=O) groups excluding carboxylic acids is 2. The van der Waals surface area contributed by atoms with Gasteiger partial charge in [-0.15, -0.1) is 0 Å². The fraction of sp³-hybridized carbons (Fsp3) is 0.818. The first kappa shape index (κ1) is 25.2. The molecule has 0 aliphatic heterocycles. The van der Waals surface area contributed by atoms with Crippen LogP contribution < -0.4 is 0 Å². The summed E-state index contributed by atoms with van der Waals surface area (Å²) in [6.07, 6.45) is 8.72. The van der Waals surface area contributed by atoms with Gasteiger partial charge in [0, 0.05) is 29.8 Å². The molecule has 28 heavy (non-hydrogen) atoms. The van der Waals surface area contributed by atoms with E-state index in [9.17, 15) is 19.8 Å². The van der Waals surface area contributed by atoms with Crippen LogP contribution in [0.2, 0.25) is 0 Å². The molecule has 1 aliphatic carbocycles. The Labute approximate surface area is 174 Å². The zero-order valence-corrected chi connectivity index (χ0v) is 18.7. The molecule has 0 aromatic heterocycles. The van der Waals surface area contributed by atoms with Crippen molar-refractivity contribution in [3.63, 3.8) is 0 Å². The summed E-state index contributed by atoms with van der Waals surface area (Å²) in [7, 11) is 1.38. The van der Waals surface area contributed by atoms with Crippen LogP contribution in [0, 0.1) is 11.3 Å². The van der Waals surface area contributed by atoms with E-state index in [1.54, 1.807) is 0 Å². The summed E-state index contributed by atoms with van der Waals surface area (Å²) in [5.41, 5.74) is -0.161. The van der Waals surface area contributed by atoms with E-state index in [0.717, 1.165) is 32.1 Å². The van der Waals surface area contributed by atoms with E-state index < -0.39 is 12.2 Å². The first-order valence-corrected chi connectivity index (χ1v) is 11.5. The van der Waals surface area contributed by atoms with Crippen molar-refractivity contribution in [3.8, 4) is 0 Å². The number of thioether (sulfide) groups is 1. The van der Waals surface area contributed by atoms with Crippen LogP contribution in [0.1, 0.15) is 72.1 Å². The van der Waals surface area contributed by atoms with Crippen LogP contribution in [0.4, 0.5) is 0 Å². The van der Waals surface area contributed by atoms with Crippen molar-refractivity contribution < 1.29 is 24.5 Å². The van der Waals surface area contributed by atoms with E-state index in [-0.39, 0.29) is 34.8 Å². The average molecular weight is 415 g/mol. The van der Waals surface area contributed by atoms with Crippen LogP contribution in [0.15, 0.2) is 12.2 Å². The molecule has 1 rings (SSSR count). The fourth-order valence-electron chi connectivity index (χ4n) is 3.47. The van der Waals surface area contributed by atoms with Gasteiger partial charge >= 0.3 is 5.97 Å². The predicted molar refractivity (Wildman–Crippen MR) is 114 cm³/mol. The molecule has 0 saturated heterocycles. The highest BCUT2D eigenvalue weighted by molar-refractivity contribution is 8.00. The highest BCUT2D eigenvalue weighted by atomic mass is 32.2. The van der Waals surface area contributed by atoms with Crippen molar-refractivity contribution in [1.82, 2.24) is 0 Å². The molecule has 6 heteroatoms. The smallest absolute Gasteiger partial charge is 0.305 e. The lowest BCUT2D eigenvalue weighted by Gasteiger charge is -2.32. The molecule has 0 aromatic rings. The van der Waals surface area contributed by atoms with Gasteiger partial charge in [-0.1, -0.05) is 45.8 Å². The SMILES string of the molecule is CCCCC(C)(C)C(O)CS[C@H]1C(O)CC(=O)[C@@H]1CC=CCCCC(=O)OC. The number of Topliss-reactive ketones (excluding diaryl/α,β-unsaturated/α-hetero) is 1. The number of aliphatic hydroxyl groups excluding tert-OH is 2. The number of esters is 1. The van der Waals surface area contributed by atoms with Crippen LogP contribution in [-0.4, -0.2) is 52.3 Å². The quantitative estimate of drug-likeness (QED) is 0.270. The Balaban J connectivity index is 2.50. The van der Waals surface area contributed by atoms with Gasteiger partial charge in [0.05, 0.1) is 19.3 Å². The number of aliphatic hydroxyl groups is 2. The van der Waals surface area contributed by atoms with Crippen LogP contribution >= 0.6 is 11.8 Å². The van der Waals surface area contributed by atoms with Gasteiger partial charge in [-0.2, -0.15) is 11.8 Å². The molecule has 2 N–H and O–H groups in total. The van der Waals surface area contributed by atoms with E-state index in [2.05, 4.69) is 25.5 Å². The Kier molecular flexibility index (Phi) is 11.4. The zero-order valence-electron chi connectivity index (χ0n) is 17.9. The minimum absolute atomic E-state index is 0.101. The summed E-state index contributed by atoms with van der Waals surface area (Å²) in [5, 5.41) is 20.8. The number of ether oxygens (including phenoxy) is 1. The molecule has 5 nitrogen and oxygen atoms in total. The largest absolute Gasteiger partial charge is 0.469 e. The first-order valence-electron chi connectivity index (χ1n) is 10.4. The Morgan fingerprint density at radius 1 is 1.36 bits per heavy atom. The molecule has 4 atom stereocenters. The maximum atomic E-state index is 12.3. The highest BCUT2D eigenvalue weighted by Crippen LogP contribution is 2.38. The number of ketones is 1. The third kappa shape index (κ3) is 8.26. The second-order valence-electron chi connectivity index (χ2n) is 8.43. The van der Waals surface area contributed by atoms with E-state index in [0.29, 0.717) is 18.6 Å². The number of unbranched alkanes of at least 4 members (excludes halogenated alkanes) is 2. The summed E-state index contributed by atoms with van der Waals surface area (Å²) in [6.45, 7) is 6.31. The van der Waals surface area contributed by atoms with E-state index in [1.807, 2.05) is 12.2 Å². The molecular formula is C22H38O5S. The number of hydrogen-bond acceptors (Lipinski definition) is 6. The van der Waals surface area contributed by atoms with Gasteiger partial charge in [0.15, 0.2) is 0 Å². The molecule has 0 heterocycles. The van der Waals surface area contributed by atoms with Gasteiger partial charge < -0.3 is 14.9 Å². The third-order valence-corrected chi connectivity index (χ3v) is 7.19. The maximum Gasteiger partial charge on any atom is 0.305 e. The lowest BCUT2D eigenvalue weighted by Crippen LogP contribution is -2.33. The Morgan fingerprint density at radius 2 is 2.07 bits per heavy atom. The molecule has 0 radical (unpaired) electrons. The normalized spacial score (nSPS) is 24.1. The summed E-state index contributed by atoms with van der Waals surface area (Å²) < 4.78 is 4.61. The number of methoxy groups -OCH3 is 1. The van der Waals surface area contributed by atoms with Crippen molar-refractivity contribution >= 4 is 23.5 Å². The minimum Gasteiger partial charge on any atom is -0.469 e. The van der Waals surface area contributed by atoms with E-state index >= 15 is 0 Å². The number of carbonyl (C=O) groups is 2. The number of allylic oxidation sites excluding steroid dienone is 2. The predicted octanol–water partition coefficient (Wildman–Crippen LogP) is 3.91. The van der Waals surface area contributed by atoms with E-state index in [1.165, 1.54) is 18.9 Å².